The molecule has 24 heavy (non-hydrogen) atoms. The number of carbonyl (C=O) groups is 1. The molecular weight excluding hydrogens is 378 g/mol. The molecule has 0 saturated carbocycles. The number of aryl methyl sites for hydroxylation is 2. The minimum absolute atomic E-state index is 0.101. The summed E-state index contributed by atoms with van der Waals surface area (Å²) >= 11 is 6.33. The zero-order valence-corrected chi connectivity index (χ0v) is 16.6. The van der Waals surface area contributed by atoms with E-state index in [4.69, 9.17) is 0 Å². The van der Waals surface area contributed by atoms with Crippen LogP contribution in [0.2, 0.25) is 0 Å². The Labute approximate surface area is 157 Å². The summed E-state index contributed by atoms with van der Waals surface area (Å²) in [7, 11) is 0. The van der Waals surface area contributed by atoms with Gasteiger partial charge in [0.25, 0.3) is 5.91 Å². The highest BCUT2D eigenvalue weighted by atomic mass is 32.2. The Morgan fingerprint density at radius 2 is 2.21 bits per heavy atom. The molecule has 0 atom stereocenters. The van der Waals surface area contributed by atoms with Gasteiger partial charge in [-0.05, 0) is 36.4 Å². The third kappa shape index (κ3) is 4.44. The number of anilines is 1. The number of hydrogen-bond acceptors (Lipinski definition) is 7. The predicted molar refractivity (Wildman–Crippen MR) is 105 cm³/mol. The van der Waals surface area contributed by atoms with Crippen LogP contribution in [-0.4, -0.2) is 16.1 Å². The van der Waals surface area contributed by atoms with Crippen molar-refractivity contribution < 1.29 is 4.79 Å². The molecule has 3 heterocycles. The lowest BCUT2D eigenvalue weighted by atomic mass is 10.1. The van der Waals surface area contributed by atoms with E-state index in [1.54, 1.807) is 23.1 Å². The van der Waals surface area contributed by atoms with Gasteiger partial charge in [0.1, 0.15) is 0 Å². The van der Waals surface area contributed by atoms with Crippen molar-refractivity contribution in [2.75, 3.05) is 5.32 Å². The summed E-state index contributed by atoms with van der Waals surface area (Å²) < 4.78 is 0.868. The molecule has 0 aliphatic rings. The fourth-order valence-corrected chi connectivity index (χ4v) is 5.64. The Balaban J connectivity index is 1.59. The Morgan fingerprint density at radius 1 is 1.33 bits per heavy atom. The number of nitrogens with one attached hydrogen (secondary N) is 1. The molecule has 8 heteroatoms. The molecule has 0 spiro atoms. The predicted octanol–water partition coefficient (Wildman–Crippen LogP) is 5.47. The van der Waals surface area contributed by atoms with E-state index in [-0.39, 0.29) is 5.91 Å². The lowest BCUT2D eigenvalue weighted by Gasteiger charge is -1.97. The van der Waals surface area contributed by atoms with Crippen molar-refractivity contribution in [2.24, 2.45) is 0 Å². The molecule has 3 aromatic rings. The van der Waals surface area contributed by atoms with Crippen molar-refractivity contribution in [1.82, 2.24) is 10.2 Å². The summed E-state index contributed by atoms with van der Waals surface area (Å²) in [6.45, 7) is 4.21. The number of rotatable bonds is 7. The van der Waals surface area contributed by atoms with Gasteiger partial charge >= 0.3 is 0 Å². The van der Waals surface area contributed by atoms with E-state index < -0.39 is 0 Å². The van der Waals surface area contributed by atoms with Crippen LogP contribution in [0.3, 0.4) is 0 Å². The van der Waals surface area contributed by atoms with Crippen molar-refractivity contribution in [3.8, 4) is 0 Å². The molecule has 0 radical (unpaired) electrons. The first-order valence-corrected chi connectivity index (χ1v) is 11.0. The van der Waals surface area contributed by atoms with Gasteiger partial charge in [0.2, 0.25) is 5.13 Å². The Kier molecular flexibility index (Phi) is 6.04. The first-order chi connectivity index (χ1) is 11.7. The van der Waals surface area contributed by atoms with Gasteiger partial charge in [0.05, 0.1) is 4.88 Å². The van der Waals surface area contributed by atoms with Crippen LogP contribution in [0.25, 0.3) is 0 Å². The average molecular weight is 396 g/mol. The third-order valence-electron chi connectivity index (χ3n) is 3.31. The number of thiophene rings is 2. The normalized spacial score (nSPS) is 10.9. The molecular formula is C16H17N3OS4. The summed E-state index contributed by atoms with van der Waals surface area (Å²) in [5, 5.41) is 13.7. The summed E-state index contributed by atoms with van der Waals surface area (Å²) in [5.41, 5.74) is 1.26. The van der Waals surface area contributed by atoms with Gasteiger partial charge in [-0.3, -0.25) is 10.1 Å². The maximum atomic E-state index is 12.4. The molecule has 1 amide bonds. The first kappa shape index (κ1) is 17.6. The van der Waals surface area contributed by atoms with E-state index in [9.17, 15) is 4.79 Å². The summed E-state index contributed by atoms with van der Waals surface area (Å²) in [6, 6.07) is 6.14. The summed E-state index contributed by atoms with van der Waals surface area (Å²) in [6.07, 6.45) is 2.10. The zero-order chi connectivity index (χ0) is 16.9. The van der Waals surface area contributed by atoms with Crippen LogP contribution >= 0.6 is 45.8 Å². The van der Waals surface area contributed by atoms with Crippen molar-refractivity contribution >= 4 is 56.8 Å². The lowest BCUT2D eigenvalue weighted by molar-refractivity contribution is 0.103. The van der Waals surface area contributed by atoms with Gasteiger partial charge in [-0.25, -0.2) is 0 Å². The van der Waals surface area contributed by atoms with Gasteiger partial charge in [-0.2, -0.15) is 0 Å². The van der Waals surface area contributed by atoms with E-state index in [2.05, 4.69) is 40.8 Å². The first-order valence-electron chi connectivity index (χ1n) is 7.55. The van der Waals surface area contributed by atoms with E-state index in [1.165, 1.54) is 38.0 Å². The van der Waals surface area contributed by atoms with Gasteiger partial charge in [-0.1, -0.05) is 42.5 Å². The van der Waals surface area contributed by atoms with Gasteiger partial charge in [0, 0.05) is 15.5 Å². The van der Waals surface area contributed by atoms with Crippen LogP contribution < -0.4 is 5.32 Å². The van der Waals surface area contributed by atoms with Crippen molar-refractivity contribution in [1.29, 1.82) is 0 Å². The molecule has 3 rings (SSSR count). The average Bonchev–Trinajstić information content (AvgIpc) is 3.28. The van der Waals surface area contributed by atoms with Crippen LogP contribution in [0.4, 0.5) is 5.13 Å². The third-order valence-corrected chi connectivity index (χ3v) is 7.48. The fraction of sp³-hybridized carbons (Fsp3) is 0.312. The topological polar surface area (TPSA) is 54.9 Å². The van der Waals surface area contributed by atoms with Crippen molar-refractivity contribution in [3.05, 3.63) is 43.8 Å². The van der Waals surface area contributed by atoms with Crippen molar-refractivity contribution in [2.45, 2.75) is 36.8 Å². The molecule has 0 aliphatic heterocycles. The highest BCUT2D eigenvalue weighted by Gasteiger charge is 2.14. The minimum Gasteiger partial charge on any atom is -0.296 e. The number of hydrogen-bond donors (Lipinski definition) is 1. The van der Waals surface area contributed by atoms with E-state index in [1.807, 2.05) is 12.1 Å². The van der Waals surface area contributed by atoms with Crippen molar-refractivity contribution in [3.63, 3.8) is 0 Å². The highest BCUT2D eigenvalue weighted by molar-refractivity contribution is 8.00. The molecule has 0 aromatic carbocycles. The van der Waals surface area contributed by atoms with Gasteiger partial charge in [-0.15, -0.1) is 32.9 Å². The monoisotopic (exact) mass is 395 g/mol. The van der Waals surface area contributed by atoms with Crippen LogP contribution in [0.1, 0.15) is 38.3 Å². The Bertz CT molecular complexity index is 807. The standard InChI is InChI=1S/C16H17N3OS4/c1-3-5-11-8-13(23-10(11)2)14(20)17-15-18-19-16(24-15)22-9-12-6-4-7-21-12/h4,6-8H,3,5,9H2,1-2H3,(H,17,18,20). The van der Waals surface area contributed by atoms with E-state index in [0.717, 1.165) is 27.8 Å². The largest absolute Gasteiger partial charge is 0.296 e. The molecule has 0 aliphatic carbocycles. The van der Waals surface area contributed by atoms with Crippen LogP contribution in [0.15, 0.2) is 27.9 Å². The second kappa shape index (κ2) is 8.24. The zero-order valence-electron chi connectivity index (χ0n) is 13.4. The molecule has 3 aromatic heterocycles. The second-order valence-corrected chi connectivity index (χ2v) is 9.63. The van der Waals surface area contributed by atoms with Crippen LogP contribution in [-0.2, 0) is 12.2 Å². The maximum absolute atomic E-state index is 12.4. The molecule has 0 saturated heterocycles. The minimum atomic E-state index is -0.101. The Hall–Kier alpha value is -1.22. The number of thioether (sulfide) groups is 1. The number of amides is 1. The second-order valence-electron chi connectivity index (χ2n) is 5.14. The van der Waals surface area contributed by atoms with Gasteiger partial charge < -0.3 is 0 Å². The highest BCUT2D eigenvalue weighted by Crippen LogP contribution is 2.30. The van der Waals surface area contributed by atoms with Gasteiger partial charge in [0.15, 0.2) is 4.34 Å². The summed E-state index contributed by atoms with van der Waals surface area (Å²) in [5.74, 6) is 0.779. The number of aromatic nitrogens is 2. The molecule has 126 valence electrons. The fourth-order valence-electron chi connectivity index (χ4n) is 2.15. The molecule has 0 fully saturated rings. The number of carbonyl (C=O) groups excluding carboxylic acids is 1. The van der Waals surface area contributed by atoms with E-state index in [0.29, 0.717) is 5.13 Å². The Morgan fingerprint density at radius 3 is 2.96 bits per heavy atom. The number of nitrogens with zero attached hydrogens (tertiary/aromatic N) is 2. The lowest BCUT2D eigenvalue weighted by Crippen LogP contribution is -2.09. The molecule has 0 unspecified atom stereocenters. The quantitative estimate of drug-likeness (QED) is 0.426. The van der Waals surface area contributed by atoms with Crippen LogP contribution in [0, 0.1) is 6.92 Å². The molecule has 0 bridgehead atoms. The molecule has 4 nitrogen and oxygen atoms in total. The van der Waals surface area contributed by atoms with Crippen LogP contribution in [0.5, 0.6) is 0 Å². The smallest absolute Gasteiger partial charge is 0.267 e. The SMILES string of the molecule is CCCc1cc(C(=O)Nc2nnc(SCc3cccs3)s2)sc1C. The summed E-state index contributed by atoms with van der Waals surface area (Å²) in [4.78, 5) is 15.6. The molecule has 1 N–H and O–H groups in total. The maximum Gasteiger partial charge on any atom is 0.267 e. The van der Waals surface area contributed by atoms with E-state index >= 15 is 0 Å².